The molecule has 5 nitrogen and oxygen atoms in total. The zero-order valence-corrected chi connectivity index (χ0v) is 12.8. The molecule has 0 aliphatic carbocycles. The molecule has 1 heterocycles. The summed E-state index contributed by atoms with van der Waals surface area (Å²) in [6.45, 7) is 3.29. The highest BCUT2D eigenvalue weighted by atomic mass is 35.5. The molecule has 0 bridgehead atoms. The van der Waals surface area contributed by atoms with Crippen LogP contribution in [0, 0.1) is 6.92 Å². The first-order chi connectivity index (χ1) is 9.95. The van der Waals surface area contributed by atoms with Crippen LogP contribution in [0.25, 0.3) is 5.69 Å². The Morgan fingerprint density at radius 1 is 1.48 bits per heavy atom. The molecule has 0 amide bonds. The van der Waals surface area contributed by atoms with Gasteiger partial charge in [0.2, 0.25) is 0 Å². The molecule has 21 heavy (non-hydrogen) atoms. The average Bonchev–Trinajstić information content (AvgIpc) is 2.85. The Hall–Kier alpha value is -1.85. The van der Waals surface area contributed by atoms with Crippen molar-refractivity contribution in [2.24, 2.45) is 0 Å². The highest BCUT2D eigenvalue weighted by molar-refractivity contribution is 6.30. The summed E-state index contributed by atoms with van der Waals surface area (Å²) in [6, 6.07) is 6.07. The third kappa shape index (κ3) is 4.31. The van der Waals surface area contributed by atoms with Gasteiger partial charge in [0.25, 0.3) is 0 Å². The fourth-order valence-corrected chi connectivity index (χ4v) is 2.23. The summed E-state index contributed by atoms with van der Waals surface area (Å²) in [5.74, 6) is -0.774. The first-order valence-corrected chi connectivity index (χ1v) is 7.04. The van der Waals surface area contributed by atoms with E-state index in [0.717, 1.165) is 17.8 Å². The van der Waals surface area contributed by atoms with Crippen molar-refractivity contribution in [3.63, 3.8) is 0 Å². The molecule has 2 aromatic rings. The molecule has 2 rings (SSSR count). The molecular weight excluding hydrogens is 290 g/mol. The summed E-state index contributed by atoms with van der Waals surface area (Å²) < 4.78 is 1.73. The van der Waals surface area contributed by atoms with Crippen molar-refractivity contribution in [2.45, 2.75) is 19.9 Å². The van der Waals surface area contributed by atoms with Gasteiger partial charge in [-0.2, -0.15) is 5.10 Å². The number of hydrogen-bond acceptors (Lipinski definition) is 3. The van der Waals surface area contributed by atoms with E-state index >= 15 is 0 Å². The lowest BCUT2D eigenvalue weighted by atomic mass is 10.1. The smallest absolute Gasteiger partial charge is 0.304 e. The van der Waals surface area contributed by atoms with E-state index in [-0.39, 0.29) is 6.42 Å². The number of carboxylic acid groups (broad SMARTS) is 1. The van der Waals surface area contributed by atoms with Gasteiger partial charge in [-0.1, -0.05) is 17.7 Å². The standard InChI is InChI=1S/C15H18ClN3O2/c1-11-7-14(19-10-13(16)8-17-19)4-3-12(11)9-18(2)6-5-15(20)21/h3-4,7-8,10H,5-6,9H2,1-2H3,(H,20,21). The van der Waals surface area contributed by atoms with Crippen LogP contribution in [-0.2, 0) is 11.3 Å². The number of carboxylic acids is 1. The molecular formula is C15H18ClN3O2. The lowest BCUT2D eigenvalue weighted by Crippen LogP contribution is -2.21. The normalized spacial score (nSPS) is 11.0. The minimum Gasteiger partial charge on any atom is -0.481 e. The summed E-state index contributed by atoms with van der Waals surface area (Å²) >= 11 is 5.87. The van der Waals surface area contributed by atoms with Gasteiger partial charge in [0.1, 0.15) is 0 Å². The zero-order valence-electron chi connectivity index (χ0n) is 12.1. The molecule has 1 aromatic carbocycles. The van der Waals surface area contributed by atoms with Gasteiger partial charge in [-0.25, -0.2) is 4.68 Å². The van der Waals surface area contributed by atoms with Crippen molar-refractivity contribution in [2.75, 3.05) is 13.6 Å². The van der Waals surface area contributed by atoms with Crippen LogP contribution < -0.4 is 0 Å². The fraction of sp³-hybridized carbons (Fsp3) is 0.333. The highest BCUT2D eigenvalue weighted by Crippen LogP contribution is 2.17. The molecule has 0 saturated heterocycles. The van der Waals surface area contributed by atoms with Gasteiger partial charge in [-0.3, -0.25) is 4.79 Å². The minimum absolute atomic E-state index is 0.152. The van der Waals surface area contributed by atoms with E-state index in [1.165, 1.54) is 5.56 Å². The summed E-state index contributed by atoms with van der Waals surface area (Å²) in [4.78, 5) is 12.6. The lowest BCUT2D eigenvalue weighted by Gasteiger charge is -2.17. The maximum absolute atomic E-state index is 10.6. The molecule has 0 fully saturated rings. The number of halogens is 1. The van der Waals surface area contributed by atoms with Crippen molar-refractivity contribution in [1.29, 1.82) is 0 Å². The number of rotatable bonds is 6. The van der Waals surface area contributed by atoms with Gasteiger partial charge in [0, 0.05) is 19.3 Å². The van der Waals surface area contributed by atoms with E-state index < -0.39 is 5.97 Å². The Morgan fingerprint density at radius 3 is 2.81 bits per heavy atom. The Balaban J connectivity index is 2.07. The van der Waals surface area contributed by atoms with Crippen molar-refractivity contribution in [1.82, 2.24) is 14.7 Å². The van der Waals surface area contributed by atoms with E-state index in [2.05, 4.69) is 5.10 Å². The SMILES string of the molecule is Cc1cc(-n2cc(Cl)cn2)ccc1CN(C)CCC(=O)O. The van der Waals surface area contributed by atoms with Crippen LogP contribution >= 0.6 is 11.6 Å². The monoisotopic (exact) mass is 307 g/mol. The highest BCUT2D eigenvalue weighted by Gasteiger charge is 2.07. The summed E-state index contributed by atoms with van der Waals surface area (Å²) in [7, 11) is 1.92. The number of benzene rings is 1. The van der Waals surface area contributed by atoms with E-state index in [1.807, 2.05) is 37.1 Å². The first-order valence-electron chi connectivity index (χ1n) is 6.66. The third-order valence-corrected chi connectivity index (χ3v) is 3.48. The summed E-state index contributed by atoms with van der Waals surface area (Å²) in [5.41, 5.74) is 3.27. The Morgan fingerprint density at radius 2 is 2.24 bits per heavy atom. The molecule has 0 unspecified atom stereocenters. The van der Waals surface area contributed by atoms with E-state index in [4.69, 9.17) is 16.7 Å². The Labute approximate surface area is 128 Å². The molecule has 112 valence electrons. The fourth-order valence-electron chi connectivity index (χ4n) is 2.10. The molecule has 0 radical (unpaired) electrons. The number of aliphatic carboxylic acids is 1. The van der Waals surface area contributed by atoms with Crippen molar-refractivity contribution < 1.29 is 9.90 Å². The van der Waals surface area contributed by atoms with Crippen molar-refractivity contribution in [3.05, 3.63) is 46.7 Å². The Bertz CT molecular complexity index is 640. The first kappa shape index (κ1) is 15.5. The third-order valence-electron chi connectivity index (χ3n) is 3.29. The van der Waals surface area contributed by atoms with E-state index in [1.54, 1.807) is 17.1 Å². The second-order valence-electron chi connectivity index (χ2n) is 5.10. The molecule has 1 aromatic heterocycles. The molecule has 0 atom stereocenters. The average molecular weight is 308 g/mol. The lowest BCUT2D eigenvalue weighted by molar-refractivity contribution is -0.137. The van der Waals surface area contributed by atoms with E-state index in [0.29, 0.717) is 11.6 Å². The second kappa shape index (κ2) is 6.74. The predicted molar refractivity (Wildman–Crippen MR) is 81.9 cm³/mol. The molecule has 6 heteroatoms. The quantitative estimate of drug-likeness (QED) is 0.891. The maximum Gasteiger partial charge on any atom is 0.304 e. The van der Waals surface area contributed by atoms with Gasteiger partial charge in [-0.15, -0.1) is 0 Å². The summed E-state index contributed by atoms with van der Waals surface area (Å²) in [6.07, 6.45) is 3.51. The largest absolute Gasteiger partial charge is 0.481 e. The van der Waals surface area contributed by atoms with Crippen LogP contribution in [0.4, 0.5) is 0 Å². The number of nitrogens with zero attached hydrogens (tertiary/aromatic N) is 3. The van der Waals surface area contributed by atoms with Crippen molar-refractivity contribution in [3.8, 4) is 5.69 Å². The van der Waals surface area contributed by atoms with Gasteiger partial charge >= 0.3 is 5.97 Å². The summed E-state index contributed by atoms with van der Waals surface area (Å²) in [5, 5.41) is 13.5. The van der Waals surface area contributed by atoms with Crippen LogP contribution in [0.2, 0.25) is 5.02 Å². The molecule has 0 aliphatic heterocycles. The number of carbonyl (C=O) groups is 1. The van der Waals surface area contributed by atoms with Gasteiger partial charge in [0.05, 0.1) is 23.3 Å². The number of aromatic nitrogens is 2. The van der Waals surface area contributed by atoms with Crippen LogP contribution in [0.3, 0.4) is 0 Å². The van der Waals surface area contributed by atoms with Crippen LogP contribution in [-0.4, -0.2) is 39.3 Å². The second-order valence-corrected chi connectivity index (χ2v) is 5.53. The molecule has 0 aliphatic rings. The topological polar surface area (TPSA) is 58.4 Å². The maximum atomic E-state index is 10.6. The zero-order chi connectivity index (χ0) is 15.4. The van der Waals surface area contributed by atoms with Crippen molar-refractivity contribution >= 4 is 17.6 Å². The molecule has 0 saturated carbocycles. The Kier molecular flexibility index (Phi) is 4.98. The van der Waals surface area contributed by atoms with Gasteiger partial charge in [-0.05, 0) is 37.2 Å². The molecule has 1 N–H and O–H groups in total. The van der Waals surface area contributed by atoms with Crippen LogP contribution in [0.1, 0.15) is 17.5 Å². The molecule has 0 spiro atoms. The number of aryl methyl sites for hydroxylation is 1. The predicted octanol–water partition coefficient (Wildman–Crippen LogP) is 2.74. The van der Waals surface area contributed by atoms with Crippen LogP contribution in [0.15, 0.2) is 30.6 Å². The van der Waals surface area contributed by atoms with E-state index in [9.17, 15) is 4.79 Å². The van der Waals surface area contributed by atoms with Gasteiger partial charge in [0.15, 0.2) is 0 Å². The van der Waals surface area contributed by atoms with Gasteiger partial charge < -0.3 is 10.0 Å². The number of hydrogen-bond donors (Lipinski definition) is 1. The minimum atomic E-state index is -0.774. The van der Waals surface area contributed by atoms with Crippen LogP contribution in [0.5, 0.6) is 0 Å².